The third kappa shape index (κ3) is 3.52. The lowest BCUT2D eigenvalue weighted by Crippen LogP contribution is -2.51. The van der Waals surface area contributed by atoms with Crippen LogP contribution in [0, 0.1) is 11.6 Å². The third-order valence-electron chi connectivity index (χ3n) is 3.65. The van der Waals surface area contributed by atoms with Crippen LogP contribution in [-0.4, -0.2) is 36.7 Å². The first-order chi connectivity index (χ1) is 9.51. The SMILES string of the molecule is CC(C)N1CCOC(C(NN)c2cc(F)cc(F)c2)C1. The van der Waals surface area contributed by atoms with Gasteiger partial charge >= 0.3 is 0 Å². The molecular weight excluding hydrogens is 264 g/mol. The first-order valence-corrected chi connectivity index (χ1v) is 6.79. The normalized spacial score (nSPS) is 22.2. The second-order valence-corrected chi connectivity index (χ2v) is 5.35. The molecule has 1 heterocycles. The van der Waals surface area contributed by atoms with E-state index >= 15 is 0 Å². The van der Waals surface area contributed by atoms with Gasteiger partial charge < -0.3 is 4.74 Å². The molecule has 1 aliphatic rings. The van der Waals surface area contributed by atoms with Crippen molar-refractivity contribution >= 4 is 0 Å². The quantitative estimate of drug-likeness (QED) is 0.651. The lowest BCUT2D eigenvalue weighted by molar-refractivity contribution is -0.0562. The number of morpholine rings is 1. The summed E-state index contributed by atoms with van der Waals surface area (Å²) in [6.07, 6.45) is -0.239. The van der Waals surface area contributed by atoms with E-state index in [9.17, 15) is 8.78 Å². The van der Waals surface area contributed by atoms with Crippen molar-refractivity contribution in [1.82, 2.24) is 10.3 Å². The monoisotopic (exact) mass is 285 g/mol. The van der Waals surface area contributed by atoms with Crippen LogP contribution in [0.1, 0.15) is 25.5 Å². The summed E-state index contributed by atoms with van der Waals surface area (Å²) in [5.41, 5.74) is 3.08. The van der Waals surface area contributed by atoms with Gasteiger partial charge in [-0.2, -0.15) is 0 Å². The minimum Gasteiger partial charge on any atom is -0.374 e. The van der Waals surface area contributed by atoms with Crippen molar-refractivity contribution in [3.8, 4) is 0 Å². The molecule has 2 rings (SSSR count). The summed E-state index contributed by atoms with van der Waals surface area (Å²) < 4.78 is 32.4. The van der Waals surface area contributed by atoms with E-state index in [0.29, 0.717) is 24.8 Å². The summed E-state index contributed by atoms with van der Waals surface area (Å²) in [6.45, 7) is 6.32. The van der Waals surface area contributed by atoms with Gasteiger partial charge in [0.05, 0.1) is 18.8 Å². The number of ether oxygens (including phenoxy) is 1. The van der Waals surface area contributed by atoms with Gasteiger partial charge in [0.15, 0.2) is 0 Å². The summed E-state index contributed by atoms with van der Waals surface area (Å²) in [7, 11) is 0. The van der Waals surface area contributed by atoms with Crippen LogP contribution in [0.15, 0.2) is 18.2 Å². The molecule has 6 heteroatoms. The number of nitrogens with two attached hydrogens (primary N) is 1. The molecule has 1 aliphatic heterocycles. The topological polar surface area (TPSA) is 50.5 Å². The molecule has 0 aliphatic carbocycles. The fourth-order valence-electron chi connectivity index (χ4n) is 2.54. The number of nitrogens with one attached hydrogen (secondary N) is 1. The third-order valence-corrected chi connectivity index (χ3v) is 3.65. The zero-order chi connectivity index (χ0) is 14.7. The fraction of sp³-hybridized carbons (Fsp3) is 0.571. The van der Waals surface area contributed by atoms with E-state index in [4.69, 9.17) is 10.6 Å². The Hall–Kier alpha value is -1.08. The van der Waals surface area contributed by atoms with Crippen molar-refractivity contribution in [3.05, 3.63) is 35.4 Å². The molecule has 0 amide bonds. The molecule has 1 aromatic rings. The van der Waals surface area contributed by atoms with Gasteiger partial charge in [-0.25, -0.2) is 8.78 Å². The molecule has 2 unspecified atom stereocenters. The number of nitrogens with zero attached hydrogens (tertiary/aromatic N) is 1. The van der Waals surface area contributed by atoms with Crippen LogP contribution in [0.5, 0.6) is 0 Å². The lowest BCUT2D eigenvalue weighted by Gasteiger charge is -2.38. The first-order valence-electron chi connectivity index (χ1n) is 6.79. The summed E-state index contributed by atoms with van der Waals surface area (Å²) in [4.78, 5) is 2.26. The summed E-state index contributed by atoms with van der Waals surface area (Å²) in [6, 6.07) is 3.36. The zero-order valence-electron chi connectivity index (χ0n) is 11.8. The Bertz CT molecular complexity index is 436. The van der Waals surface area contributed by atoms with Crippen LogP contribution in [0.25, 0.3) is 0 Å². The highest BCUT2D eigenvalue weighted by Gasteiger charge is 2.30. The Kier molecular flexibility index (Phi) is 5.04. The van der Waals surface area contributed by atoms with Crippen LogP contribution >= 0.6 is 0 Å². The van der Waals surface area contributed by atoms with Crippen molar-refractivity contribution in [1.29, 1.82) is 0 Å². The molecule has 112 valence electrons. The molecule has 1 saturated heterocycles. The van der Waals surface area contributed by atoms with Crippen LogP contribution < -0.4 is 11.3 Å². The molecule has 20 heavy (non-hydrogen) atoms. The molecule has 0 aromatic heterocycles. The Balaban J connectivity index is 2.18. The van der Waals surface area contributed by atoms with E-state index in [2.05, 4.69) is 24.2 Å². The average molecular weight is 285 g/mol. The van der Waals surface area contributed by atoms with Gasteiger partial charge in [-0.05, 0) is 31.5 Å². The van der Waals surface area contributed by atoms with E-state index < -0.39 is 17.7 Å². The molecule has 0 saturated carbocycles. The van der Waals surface area contributed by atoms with Crippen molar-refractivity contribution in [2.45, 2.75) is 32.0 Å². The second-order valence-electron chi connectivity index (χ2n) is 5.35. The van der Waals surface area contributed by atoms with Gasteiger partial charge in [-0.1, -0.05) is 0 Å². The van der Waals surface area contributed by atoms with E-state index in [-0.39, 0.29) is 6.10 Å². The molecule has 3 N–H and O–H groups in total. The first kappa shape index (κ1) is 15.3. The Morgan fingerprint density at radius 3 is 2.50 bits per heavy atom. The van der Waals surface area contributed by atoms with Crippen molar-refractivity contribution < 1.29 is 13.5 Å². The highest BCUT2D eigenvalue weighted by atomic mass is 19.1. The van der Waals surface area contributed by atoms with Crippen molar-refractivity contribution in [2.24, 2.45) is 5.84 Å². The van der Waals surface area contributed by atoms with E-state index in [1.54, 1.807) is 0 Å². The van der Waals surface area contributed by atoms with Gasteiger partial charge in [0.25, 0.3) is 0 Å². The van der Waals surface area contributed by atoms with Crippen LogP contribution in [0.4, 0.5) is 8.78 Å². The van der Waals surface area contributed by atoms with E-state index in [0.717, 1.165) is 12.6 Å². The Morgan fingerprint density at radius 1 is 1.30 bits per heavy atom. The smallest absolute Gasteiger partial charge is 0.126 e. The van der Waals surface area contributed by atoms with E-state index in [1.807, 2.05) is 0 Å². The highest BCUT2D eigenvalue weighted by Crippen LogP contribution is 2.24. The lowest BCUT2D eigenvalue weighted by atomic mass is 10.00. The van der Waals surface area contributed by atoms with Gasteiger partial charge in [0.2, 0.25) is 0 Å². The molecule has 4 nitrogen and oxygen atoms in total. The predicted molar refractivity (Wildman–Crippen MR) is 72.9 cm³/mol. The molecule has 0 spiro atoms. The van der Waals surface area contributed by atoms with E-state index in [1.165, 1.54) is 12.1 Å². The van der Waals surface area contributed by atoms with Crippen LogP contribution in [0.2, 0.25) is 0 Å². The highest BCUT2D eigenvalue weighted by molar-refractivity contribution is 5.22. The zero-order valence-corrected chi connectivity index (χ0v) is 11.8. The number of rotatable bonds is 4. The molecule has 2 atom stereocenters. The maximum Gasteiger partial charge on any atom is 0.126 e. The number of halogens is 2. The minimum absolute atomic E-state index is 0.239. The summed E-state index contributed by atoms with van der Waals surface area (Å²) >= 11 is 0. The largest absolute Gasteiger partial charge is 0.374 e. The van der Waals surface area contributed by atoms with Crippen molar-refractivity contribution in [2.75, 3.05) is 19.7 Å². The fourth-order valence-corrected chi connectivity index (χ4v) is 2.54. The Labute approximate surface area is 117 Å². The maximum absolute atomic E-state index is 13.3. The average Bonchev–Trinajstić information content (AvgIpc) is 2.39. The second kappa shape index (κ2) is 6.58. The van der Waals surface area contributed by atoms with Crippen LogP contribution in [0.3, 0.4) is 0 Å². The van der Waals surface area contributed by atoms with Crippen LogP contribution in [-0.2, 0) is 4.74 Å². The standard InChI is InChI=1S/C14H21F2N3O/c1-9(2)19-3-4-20-13(8-19)14(18-17)10-5-11(15)7-12(16)6-10/h5-7,9,13-14,18H,3-4,8,17H2,1-2H3. The van der Waals surface area contributed by atoms with Gasteiger partial charge in [0, 0.05) is 25.2 Å². The molecule has 0 bridgehead atoms. The molecule has 1 fully saturated rings. The summed E-state index contributed by atoms with van der Waals surface area (Å²) in [5.74, 6) is 4.34. The summed E-state index contributed by atoms with van der Waals surface area (Å²) in [5, 5.41) is 0. The Morgan fingerprint density at radius 2 is 1.95 bits per heavy atom. The number of hydrogen-bond acceptors (Lipinski definition) is 4. The number of benzene rings is 1. The van der Waals surface area contributed by atoms with Gasteiger partial charge in [-0.15, -0.1) is 0 Å². The predicted octanol–water partition coefficient (Wildman–Crippen LogP) is 1.58. The number of hydrogen-bond donors (Lipinski definition) is 2. The van der Waals surface area contributed by atoms with Crippen molar-refractivity contribution in [3.63, 3.8) is 0 Å². The maximum atomic E-state index is 13.3. The molecule has 1 aromatic carbocycles. The molecule has 0 radical (unpaired) electrons. The molecular formula is C14H21F2N3O. The number of hydrazine groups is 1. The van der Waals surface area contributed by atoms with Gasteiger partial charge in [-0.3, -0.25) is 16.2 Å². The minimum atomic E-state index is -0.614. The van der Waals surface area contributed by atoms with Gasteiger partial charge in [0.1, 0.15) is 11.6 Å².